The van der Waals surface area contributed by atoms with Crippen molar-refractivity contribution in [3.05, 3.63) is 87.2 Å². The smallest absolute Gasteiger partial charge is 0.873 e. The van der Waals surface area contributed by atoms with Gasteiger partial charge in [0.05, 0.1) is 6.54 Å². The maximum Gasteiger partial charge on any atom is 3.00 e. The predicted molar refractivity (Wildman–Crippen MR) is 167 cm³/mol. The van der Waals surface area contributed by atoms with Crippen LogP contribution in [-0.2, 0) is 44.7 Å². The van der Waals surface area contributed by atoms with E-state index in [2.05, 4.69) is 83.1 Å². The van der Waals surface area contributed by atoms with Gasteiger partial charge in [-0.25, -0.2) is 0 Å². The third kappa shape index (κ3) is 8.38. The second-order valence-corrected chi connectivity index (χ2v) is 15.0. The van der Waals surface area contributed by atoms with Gasteiger partial charge in [-0.2, -0.15) is 0 Å². The van der Waals surface area contributed by atoms with E-state index in [0.717, 1.165) is 27.8 Å². The van der Waals surface area contributed by atoms with Crippen LogP contribution in [0.5, 0.6) is 11.5 Å². The van der Waals surface area contributed by atoms with Gasteiger partial charge in [0.1, 0.15) is 0 Å². The number of para-hydroxylation sites is 1. The third-order valence-corrected chi connectivity index (χ3v) is 7.26. The minimum Gasteiger partial charge on any atom is -0.873 e. The Balaban J connectivity index is 0.00000588. The largest absolute Gasteiger partial charge is 3.00 e. The van der Waals surface area contributed by atoms with Crippen molar-refractivity contribution in [2.24, 2.45) is 4.99 Å². The van der Waals surface area contributed by atoms with Crippen molar-refractivity contribution in [1.29, 1.82) is 0 Å². The molecular weight excluding hydrogens is 551 g/mol. The summed E-state index contributed by atoms with van der Waals surface area (Å²) in [5.74, 6) is -0.0181. The number of nitrogens with zero attached hydrogens (tertiary/aromatic N) is 2. The molecule has 0 amide bonds. The van der Waals surface area contributed by atoms with Crippen LogP contribution in [0.25, 0.3) is 5.32 Å². The Morgan fingerprint density at radius 3 is 1.63 bits per heavy atom. The van der Waals surface area contributed by atoms with Crippen LogP contribution >= 0.6 is 0 Å². The molecule has 0 aliphatic rings. The van der Waals surface area contributed by atoms with Gasteiger partial charge in [0.15, 0.2) is 0 Å². The second-order valence-electron chi connectivity index (χ2n) is 15.0. The fourth-order valence-electron chi connectivity index (χ4n) is 4.55. The maximum atomic E-state index is 13.5. The third-order valence-electron chi connectivity index (χ3n) is 7.26. The van der Waals surface area contributed by atoms with Crippen molar-refractivity contribution in [3.63, 3.8) is 0 Å². The van der Waals surface area contributed by atoms with E-state index in [9.17, 15) is 10.2 Å². The van der Waals surface area contributed by atoms with Crippen LogP contribution in [0.1, 0.15) is 116 Å². The zero-order valence-corrected chi connectivity index (χ0v) is 27.9. The van der Waals surface area contributed by atoms with Gasteiger partial charge in [-0.05, 0) is 49.5 Å². The molecule has 0 aromatic heterocycles. The summed E-state index contributed by atoms with van der Waals surface area (Å²) in [6.45, 7) is 25.7. The molecule has 3 aromatic carbocycles. The van der Waals surface area contributed by atoms with Crippen LogP contribution in [0.3, 0.4) is 0 Å². The monoisotopic (exact) mass is 597 g/mol. The van der Waals surface area contributed by atoms with Gasteiger partial charge in [0.25, 0.3) is 0 Å². The van der Waals surface area contributed by atoms with E-state index in [1.165, 1.54) is 0 Å². The van der Waals surface area contributed by atoms with Crippen molar-refractivity contribution in [3.8, 4) is 11.5 Å². The average Bonchev–Trinajstić information content (AvgIpc) is 2.79. The average molecular weight is 598 g/mol. The topological polar surface area (TPSA) is 72.6 Å². The summed E-state index contributed by atoms with van der Waals surface area (Å²) >= 11 is 0. The molecule has 41 heavy (non-hydrogen) atoms. The summed E-state index contributed by atoms with van der Waals surface area (Å²) < 4.78 is 0. The summed E-state index contributed by atoms with van der Waals surface area (Å²) in [4.78, 5) is 4.69. The van der Waals surface area contributed by atoms with Crippen LogP contribution in [0.4, 0.5) is 11.4 Å². The molecule has 0 saturated carbocycles. The van der Waals surface area contributed by atoms with Crippen LogP contribution in [0.15, 0.2) is 53.5 Å². The molecule has 0 heterocycles. The van der Waals surface area contributed by atoms with Crippen LogP contribution in [-0.4, -0.2) is 6.21 Å². The van der Waals surface area contributed by atoms with E-state index in [4.69, 9.17) is 10.3 Å². The minimum atomic E-state index is -0.296. The molecule has 1 radical (unpaired) electrons. The Kier molecular flexibility index (Phi) is 10.3. The Morgan fingerprint density at radius 2 is 1.12 bits per heavy atom. The molecule has 3 aromatic rings. The molecule has 0 aliphatic carbocycles. The zero-order chi connectivity index (χ0) is 30.3. The Morgan fingerprint density at radius 1 is 0.634 bits per heavy atom. The molecule has 5 heteroatoms. The first kappa shape index (κ1) is 34.4. The number of rotatable bonds is 5. The van der Waals surface area contributed by atoms with Gasteiger partial charge in [-0.3, -0.25) is 4.99 Å². The molecule has 0 unspecified atom stereocenters. The summed E-state index contributed by atoms with van der Waals surface area (Å²) in [7, 11) is 0. The molecule has 0 aliphatic heterocycles. The summed E-state index contributed by atoms with van der Waals surface area (Å²) in [6.07, 6.45) is 1.69. The summed E-state index contributed by atoms with van der Waals surface area (Å²) in [6, 6.07) is 15.7. The Labute approximate surface area is 258 Å². The summed E-state index contributed by atoms with van der Waals surface area (Å²) in [5, 5.41) is 31.8. The van der Waals surface area contributed by atoms with E-state index in [1.807, 2.05) is 48.5 Å². The van der Waals surface area contributed by atoms with Crippen LogP contribution in [0, 0.1) is 0 Å². The number of hydrogen-bond acceptors (Lipinski definition) is 3. The quantitative estimate of drug-likeness (QED) is 0.217. The fourth-order valence-corrected chi connectivity index (χ4v) is 4.55. The number of hydrogen-bond donors (Lipinski definition) is 0. The van der Waals surface area contributed by atoms with Gasteiger partial charge >= 0.3 is 16.5 Å². The second kappa shape index (κ2) is 12.2. The first-order chi connectivity index (χ1) is 18.2. The number of aliphatic imine (C=N–C) groups is 1. The molecule has 0 fully saturated rings. The van der Waals surface area contributed by atoms with Crippen molar-refractivity contribution in [2.75, 3.05) is 0 Å². The Hall–Kier alpha value is -2.78. The normalized spacial score (nSPS) is 12.9. The molecule has 0 saturated heterocycles. The standard InChI is InChI=1S/C36H49N2O2.Ni/c1-33(2,3)25-17-24(31(39)27(18-25)35(7,8)9)22-37-21-23-15-13-14-16-29(23)38-30-20-26(34(4,5)6)19-28(32(30)40)36(10,11)12;/h13-20,22,40H,21H2,1-12H3,(H,37,39);/q-1;+3/p-2. The Bertz CT molecular complexity index is 1400. The van der Waals surface area contributed by atoms with Gasteiger partial charge in [-0.1, -0.05) is 143 Å². The van der Waals surface area contributed by atoms with Crippen molar-refractivity contribution < 1.29 is 26.7 Å². The molecule has 0 bridgehead atoms. The van der Waals surface area contributed by atoms with E-state index in [1.54, 1.807) is 6.21 Å². The van der Waals surface area contributed by atoms with Gasteiger partial charge in [0, 0.05) is 6.21 Å². The minimum absolute atomic E-state index is 0. The molecular formula is C36H47N2NiO2. The fraction of sp³-hybridized carbons (Fsp3) is 0.472. The predicted octanol–water partition coefficient (Wildman–Crippen LogP) is 8.98. The van der Waals surface area contributed by atoms with Gasteiger partial charge in [0.2, 0.25) is 0 Å². The summed E-state index contributed by atoms with van der Waals surface area (Å²) in [5.41, 5.74) is 5.65. The van der Waals surface area contributed by atoms with Gasteiger partial charge < -0.3 is 15.5 Å². The van der Waals surface area contributed by atoms with Crippen LogP contribution in [0.2, 0.25) is 0 Å². The molecule has 223 valence electrons. The van der Waals surface area contributed by atoms with E-state index in [-0.39, 0.29) is 49.7 Å². The van der Waals surface area contributed by atoms with Crippen molar-refractivity contribution in [1.82, 2.24) is 0 Å². The maximum absolute atomic E-state index is 13.5. The first-order valence-electron chi connectivity index (χ1n) is 14.2. The zero-order valence-electron chi connectivity index (χ0n) is 26.9. The first-order valence-corrected chi connectivity index (χ1v) is 14.2. The van der Waals surface area contributed by atoms with E-state index >= 15 is 0 Å². The van der Waals surface area contributed by atoms with Crippen LogP contribution < -0.4 is 10.2 Å². The molecule has 0 spiro atoms. The van der Waals surface area contributed by atoms with Crippen molar-refractivity contribution >= 4 is 17.6 Å². The molecule has 0 N–H and O–H groups in total. The van der Waals surface area contributed by atoms with E-state index < -0.39 is 0 Å². The number of benzene rings is 3. The molecule has 3 rings (SSSR count). The van der Waals surface area contributed by atoms with E-state index in [0.29, 0.717) is 23.5 Å². The molecule has 0 atom stereocenters. The van der Waals surface area contributed by atoms with Crippen molar-refractivity contribution in [2.45, 2.75) is 111 Å². The molecule has 4 nitrogen and oxygen atoms in total. The SMILES string of the molecule is CC(C)(C)c1cc(C=NCc2ccccc2[N-]c2cc(C(C)(C)C)cc(C(C)(C)C)c2[O-])c([O-])c(C(C)(C)C)c1.[Ni+3]. The van der Waals surface area contributed by atoms with Gasteiger partial charge in [-0.15, -0.1) is 17.1 Å².